The van der Waals surface area contributed by atoms with Gasteiger partial charge in [0, 0.05) is 49.7 Å². The van der Waals surface area contributed by atoms with Crippen molar-refractivity contribution in [3.8, 4) is 5.95 Å². The van der Waals surface area contributed by atoms with Crippen LogP contribution in [0.3, 0.4) is 0 Å². The van der Waals surface area contributed by atoms with Crippen LogP contribution in [0.25, 0.3) is 5.95 Å². The molecule has 2 aromatic heterocycles. The predicted molar refractivity (Wildman–Crippen MR) is 117 cm³/mol. The number of benzene rings is 1. The van der Waals surface area contributed by atoms with E-state index in [4.69, 9.17) is 0 Å². The predicted octanol–water partition coefficient (Wildman–Crippen LogP) is 4.05. The quantitative estimate of drug-likeness (QED) is 0.603. The average Bonchev–Trinajstić information content (AvgIpc) is 3.32. The molecule has 1 fully saturated rings. The lowest BCUT2D eigenvalue weighted by Gasteiger charge is -2.36. The number of nitrogens with zero attached hydrogens (tertiary/aromatic N) is 5. The van der Waals surface area contributed by atoms with Crippen molar-refractivity contribution in [2.75, 3.05) is 11.4 Å². The van der Waals surface area contributed by atoms with Gasteiger partial charge < -0.3 is 10.2 Å². The summed E-state index contributed by atoms with van der Waals surface area (Å²) in [6.07, 6.45) is 3.72. The maximum Gasteiger partial charge on any atom is 0.416 e. The number of amides is 1. The van der Waals surface area contributed by atoms with Gasteiger partial charge in [0.25, 0.3) is 0 Å². The molecule has 1 amide bonds. The number of halogens is 3. The number of aromatic nitrogens is 4. The van der Waals surface area contributed by atoms with Crippen LogP contribution >= 0.6 is 0 Å². The Morgan fingerprint density at radius 3 is 2.82 bits per heavy atom. The highest BCUT2D eigenvalue weighted by Gasteiger charge is 2.30. The average molecular weight is 458 g/mol. The summed E-state index contributed by atoms with van der Waals surface area (Å²) in [4.78, 5) is 28.0. The number of imidazole rings is 1. The van der Waals surface area contributed by atoms with Gasteiger partial charge in [-0.3, -0.25) is 9.36 Å². The summed E-state index contributed by atoms with van der Waals surface area (Å²) >= 11 is 0. The number of aryl methyl sites for hydroxylation is 1. The van der Waals surface area contributed by atoms with E-state index in [1.807, 2.05) is 13.0 Å². The van der Waals surface area contributed by atoms with E-state index in [0.717, 1.165) is 49.5 Å². The molecule has 3 heterocycles. The van der Waals surface area contributed by atoms with Gasteiger partial charge in [0.1, 0.15) is 12.1 Å². The first-order valence-corrected chi connectivity index (χ1v) is 10.8. The summed E-state index contributed by atoms with van der Waals surface area (Å²) in [6.45, 7) is 2.71. The molecule has 0 saturated carbocycles. The van der Waals surface area contributed by atoms with Gasteiger partial charge in [0.05, 0.1) is 5.56 Å². The van der Waals surface area contributed by atoms with E-state index in [1.54, 1.807) is 29.4 Å². The van der Waals surface area contributed by atoms with Crippen molar-refractivity contribution < 1.29 is 18.0 Å². The number of rotatable bonds is 6. The summed E-state index contributed by atoms with van der Waals surface area (Å²) in [5.41, 5.74) is 0.498. The number of anilines is 1. The molecule has 7 nitrogen and oxygen atoms in total. The molecule has 1 aliphatic rings. The van der Waals surface area contributed by atoms with Gasteiger partial charge in [0.15, 0.2) is 0 Å². The van der Waals surface area contributed by atoms with E-state index < -0.39 is 11.7 Å². The molecule has 0 aliphatic carbocycles. The molecular weight excluding hydrogens is 433 g/mol. The number of piperidine rings is 1. The minimum absolute atomic E-state index is 0.0485. The molecule has 1 N–H and O–H groups in total. The van der Waals surface area contributed by atoms with E-state index in [-0.39, 0.29) is 24.9 Å². The van der Waals surface area contributed by atoms with Crippen molar-refractivity contribution in [1.29, 1.82) is 0 Å². The van der Waals surface area contributed by atoms with Crippen LogP contribution in [-0.4, -0.2) is 38.0 Å². The number of alkyl halides is 3. The van der Waals surface area contributed by atoms with Crippen LogP contribution in [0.4, 0.5) is 19.0 Å². The zero-order valence-electron chi connectivity index (χ0n) is 18.2. The van der Waals surface area contributed by atoms with Crippen LogP contribution in [0.5, 0.6) is 0 Å². The molecule has 174 valence electrons. The number of hydrogen-bond donors (Lipinski definition) is 1. The molecule has 0 spiro atoms. The molecule has 4 rings (SSSR count). The molecule has 0 radical (unpaired) electrons. The van der Waals surface area contributed by atoms with Crippen molar-refractivity contribution >= 4 is 11.7 Å². The first-order chi connectivity index (χ1) is 15.8. The van der Waals surface area contributed by atoms with Crippen molar-refractivity contribution in [3.05, 3.63) is 65.9 Å². The third-order valence-corrected chi connectivity index (χ3v) is 5.65. The molecule has 1 aromatic carbocycles. The highest BCUT2D eigenvalue weighted by Crippen LogP contribution is 2.30. The van der Waals surface area contributed by atoms with Crippen LogP contribution in [-0.2, 0) is 17.5 Å². The summed E-state index contributed by atoms with van der Waals surface area (Å²) in [5.74, 6) is 1.06. The number of hydrogen-bond acceptors (Lipinski definition) is 5. The van der Waals surface area contributed by atoms with Gasteiger partial charge in [-0.1, -0.05) is 12.1 Å². The SMILES string of the molecule is Cc1cc(N2CCCCC2CC(=O)NCc2cccc(C(F)(F)F)c2)nc(-n2ccnc2)n1. The Kier molecular flexibility index (Phi) is 6.62. The van der Waals surface area contributed by atoms with Crippen LogP contribution in [0, 0.1) is 6.92 Å². The summed E-state index contributed by atoms with van der Waals surface area (Å²) in [6, 6.07) is 6.86. The van der Waals surface area contributed by atoms with Crippen molar-refractivity contribution in [2.24, 2.45) is 0 Å². The van der Waals surface area contributed by atoms with Gasteiger partial charge in [-0.15, -0.1) is 0 Å². The van der Waals surface area contributed by atoms with E-state index in [2.05, 4.69) is 25.2 Å². The minimum atomic E-state index is -4.41. The largest absolute Gasteiger partial charge is 0.416 e. The molecule has 3 aromatic rings. The fraction of sp³-hybridized carbons (Fsp3) is 0.391. The Labute approximate surface area is 189 Å². The standard InChI is InChI=1S/C23H25F3N6O/c1-16-11-20(30-22(29-16)31-10-8-27-15-31)32-9-3-2-7-19(32)13-21(33)28-14-17-5-4-6-18(12-17)23(24,25)26/h4-6,8,10-12,15,19H,2-3,7,9,13-14H2,1H3,(H,28,33). The van der Waals surface area contributed by atoms with Crippen molar-refractivity contribution in [2.45, 2.75) is 51.4 Å². The second-order valence-electron chi connectivity index (χ2n) is 8.16. The molecule has 10 heteroatoms. The fourth-order valence-corrected chi connectivity index (χ4v) is 4.04. The second kappa shape index (κ2) is 9.60. The number of nitrogens with one attached hydrogen (secondary N) is 1. The Morgan fingerprint density at radius 1 is 1.21 bits per heavy atom. The molecule has 1 saturated heterocycles. The lowest BCUT2D eigenvalue weighted by Crippen LogP contribution is -2.43. The maximum atomic E-state index is 12.9. The Morgan fingerprint density at radius 2 is 2.06 bits per heavy atom. The highest BCUT2D eigenvalue weighted by atomic mass is 19.4. The van der Waals surface area contributed by atoms with E-state index >= 15 is 0 Å². The first kappa shape index (κ1) is 22.8. The van der Waals surface area contributed by atoms with E-state index in [1.165, 1.54) is 6.07 Å². The molecule has 0 bridgehead atoms. The van der Waals surface area contributed by atoms with Gasteiger partial charge in [0.2, 0.25) is 11.9 Å². The van der Waals surface area contributed by atoms with E-state index in [0.29, 0.717) is 11.5 Å². The smallest absolute Gasteiger partial charge is 0.353 e. The zero-order valence-corrected chi connectivity index (χ0v) is 18.2. The molecule has 1 atom stereocenters. The molecule has 1 unspecified atom stereocenters. The number of carbonyl (C=O) groups is 1. The van der Waals surface area contributed by atoms with Gasteiger partial charge in [-0.25, -0.2) is 9.97 Å². The van der Waals surface area contributed by atoms with E-state index in [9.17, 15) is 18.0 Å². The lowest BCUT2D eigenvalue weighted by molar-refractivity contribution is -0.137. The van der Waals surface area contributed by atoms with Crippen LogP contribution in [0.1, 0.15) is 42.5 Å². The fourth-order valence-electron chi connectivity index (χ4n) is 4.04. The highest BCUT2D eigenvalue weighted by molar-refractivity contribution is 5.77. The molecule has 1 aliphatic heterocycles. The molecular formula is C23H25F3N6O. The summed E-state index contributed by atoms with van der Waals surface area (Å²) in [5, 5.41) is 2.76. The van der Waals surface area contributed by atoms with Crippen molar-refractivity contribution in [1.82, 2.24) is 24.8 Å². The normalized spacial score (nSPS) is 16.6. The second-order valence-corrected chi connectivity index (χ2v) is 8.16. The van der Waals surface area contributed by atoms with Gasteiger partial charge >= 0.3 is 6.18 Å². The third-order valence-electron chi connectivity index (χ3n) is 5.65. The Hall–Kier alpha value is -3.43. The van der Waals surface area contributed by atoms with Crippen LogP contribution in [0.2, 0.25) is 0 Å². The minimum Gasteiger partial charge on any atom is -0.353 e. The molecule has 33 heavy (non-hydrogen) atoms. The summed E-state index contributed by atoms with van der Waals surface area (Å²) < 4.78 is 40.5. The Balaban J connectivity index is 1.44. The van der Waals surface area contributed by atoms with Gasteiger partial charge in [-0.2, -0.15) is 18.2 Å². The Bertz CT molecular complexity index is 1100. The topological polar surface area (TPSA) is 75.9 Å². The van der Waals surface area contributed by atoms with Crippen LogP contribution in [0.15, 0.2) is 49.1 Å². The number of carbonyl (C=O) groups excluding carboxylic acids is 1. The first-order valence-electron chi connectivity index (χ1n) is 10.8. The zero-order chi connectivity index (χ0) is 23.4. The van der Waals surface area contributed by atoms with Gasteiger partial charge in [-0.05, 0) is 43.9 Å². The maximum absolute atomic E-state index is 12.9. The lowest BCUT2D eigenvalue weighted by atomic mass is 9.98. The van der Waals surface area contributed by atoms with Crippen molar-refractivity contribution in [3.63, 3.8) is 0 Å². The monoisotopic (exact) mass is 458 g/mol. The van der Waals surface area contributed by atoms with Crippen LogP contribution < -0.4 is 10.2 Å². The third kappa shape index (κ3) is 5.68. The summed E-state index contributed by atoms with van der Waals surface area (Å²) in [7, 11) is 0.